The molecule has 0 N–H and O–H groups in total. The number of amides is 1. The van der Waals surface area contributed by atoms with Gasteiger partial charge < -0.3 is 28.9 Å². The van der Waals surface area contributed by atoms with Crippen molar-refractivity contribution < 1.29 is 19.0 Å². The van der Waals surface area contributed by atoms with E-state index in [1.807, 2.05) is 23.1 Å². The van der Waals surface area contributed by atoms with E-state index in [9.17, 15) is 4.79 Å². The summed E-state index contributed by atoms with van der Waals surface area (Å²) in [6.45, 7) is 10.2. The van der Waals surface area contributed by atoms with Gasteiger partial charge in [0, 0.05) is 38.3 Å². The van der Waals surface area contributed by atoms with Gasteiger partial charge in [-0.2, -0.15) is 0 Å². The normalized spacial score (nSPS) is 11.6. The van der Waals surface area contributed by atoms with E-state index in [-0.39, 0.29) is 5.91 Å². The number of hydrogen-bond acceptors (Lipinski definition) is 6. The predicted molar refractivity (Wildman–Crippen MR) is 172 cm³/mol. The minimum atomic E-state index is -0.0688. The van der Waals surface area contributed by atoms with E-state index in [2.05, 4.69) is 79.2 Å². The molecule has 0 atom stereocenters. The van der Waals surface area contributed by atoms with E-state index < -0.39 is 0 Å². The van der Waals surface area contributed by atoms with Crippen molar-refractivity contribution in [3.05, 3.63) is 95.1 Å². The first-order valence-corrected chi connectivity index (χ1v) is 14.6. The fraction of sp³-hybridized carbons (Fsp3) is 0.400. The van der Waals surface area contributed by atoms with Crippen LogP contribution in [0.2, 0.25) is 0 Å². The Kier molecular flexibility index (Phi) is 13.4. The number of rotatable bonds is 17. The average Bonchev–Trinajstić information content (AvgIpc) is 3.01. The van der Waals surface area contributed by atoms with Crippen LogP contribution in [0.5, 0.6) is 17.2 Å². The summed E-state index contributed by atoms with van der Waals surface area (Å²) in [5, 5.41) is 0. The van der Waals surface area contributed by atoms with Crippen LogP contribution in [-0.2, 0) is 6.54 Å². The highest BCUT2D eigenvalue weighted by Gasteiger charge is 2.22. The molecule has 42 heavy (non-hydrogen) atoms. The van der Waals surface area contributed by atoms with Crippen molar-refractivity contribution in [1.82, 2.24) is 14.7 Å². The van der Waals surface area contributed by atoms with E-state index >= 15 is 0 Å². The molecular formula is C35H47N3O4. The van der Waals surface area contributed by atoms with Gasteiger partial charge in [-0.25, -0.2) is 0 Å². The van der Waals surface area contributed by atoms with Crippen molar-refractivity contribution >= 4 is 12.0 Å². The number of likely N-dealkylation sites (N-methyl/N-ethyl adjacent to an activating group) is 2. The number of ether oxygens (including phenoxy) is 3. The maximum atomic E-state index is 13.9. The van der Waals surface area contributed by atoms with E-state index in [0.29, 0.717) is 35.9 Å². The minimum Gasteiger partial charge on any atom is -0.493 e. The third-order valence-corrected chi connectivity index (χ3v) is 7.29. The van der Waals surface area contributed by atoms with Crippen molar-refractivity contribution in [1.29, 1.82) is 0 Å². The fourth-order valence-corrected chi connectivity index (χ4v) is 5.02. The number of benzene rings is 3. The highest BCUT2D eigenvalue weighted by molar-refractivity contribution is 5.96. The van der Waals surface area contributed by atoms with Crippen LogP contribution in [-0.4, -0.2) is 88.3 Å². The third kappa shape index (κ3) is 9.93. The highest BCUT2D eigenvalue weighted by atomic mass is 16.5. The second kappa shape index (κ2) is 17.2. The Morgan fingerprint density at radius 2 is 1.43 bits per heavy atom. The molecule has 0 saturated heterocycles. The number of hydrogen-bond donors (Lipinski definition) is 0. The summed E-state index contributed by atoms with van der Waals surface area (Å²) in [5.41, 5.74) is 4.05. The molecule has 0 radical (unpaired) electrons. The second-order valence-corrected chi connectivity index (χ2v) is 10.6. The largest absolute Gasteiger partial charge is 0.493 e. The van der Waals surface area contributed by atoms with E-state index in [0.717, 1.165) is 50.3 Å². The Bertz CT molecular complexity index is 1240. The molecule has 7 heteroatoms. The molecule has 0 unspecified atom stereocenters. The Balaban J connectivity index is 1.70. The number of carbonyl (C=O) groups excluding carboxylic acids is 1. The van der Waals surface area contributed by atoms with Crippen molar-refractivity contribution in [2.24, 2.45) is 0 Å². The van der Waals surface area contributed by atoms with Crippen LogP contribution in [0.1, 0.15) is 41.8 Å². The van der Waals surface area contributed by atoms with Gasteiger partial charge in [-0.3, -0.25) is 4.79 Å². The smallest absolute Gasteiger partial charge is 0.254 e. The zero-order valence-corrected chi connectivity index (χ0v) is 26.1. The van der Waals surface area contributed by atoms with E-state index in [1.54, 1.807) is 33.5 Å². The third-order valence-electron chi connectivity index (χ3n) is 7.29. The molecule has 0 aliphatic carbocycles. The SMILES string of the molecule is CCN(CCCN(C/C(C)=C/c1ccccc1)C(=O)c1cc(OC)c(OC)c(OC)c1)CCN(C)Cc1ccccc1. The van der Waals surface area contributed by atoms with Crippen molar-refractivity contribution in [2.45, 2.75) is 26.8 Å². The van der Waals surface area contributed by atoms with Gasteiger partial charge in [0.1, 0.15) is 0 Å². The number of methoxy groups -OCH3 is 3. The molecule has 3 rings (SSSR count). The molecule has 0 bridgehead atoms. The molecule has 0 heterocycles. The van der Waals surface area contributed by atoms with Crippen molar-refractivity contribution in [3.8, 4) is 17.2 Å². The van der Waals surface area contributed by atoms with Gasteiger partial charge in [0.05, 0.1) is 21.3 Å². The molecule has 1 amide bonds. The zero-order valence-electron chi connectivity index (χ0n) is 26.1. The zero-order chi connectivity index (χ0) is 30.3. The van der Waals surface area contributed by atoms with Crippen LogP contribution in [0.4, 0.5) is 0 Å². The van der Waals surface area contributed by atoms with E-state index in [1.165, 1.54) is 5.56 Å². The molecule has 0 saturated carbocycles. The Hall–Kier alpha value is -3.81. The molecule has 0 aliphatic rings. The van der Waals surface area contributed by atoms with Crippen LogP contribution in [0.15, 0.2) is 78.4 Å². The molecule has 3 aromatic rings. The van der Waals surface area contributed by atoms with Gasteiger partial charge in [-0.15, -0.1) is 0 Å². The van der Waals surface area contributed by atoms with Crippen LogP contribution in [0.3, 0.4) is 0 Å². The van der Waals surface area contributed by atoms with Gasteiger partial charge in [-0.05, 0) is 56.7 Å². The number of nitrogens with zero attached hydrogens (tertiary/aromatic N) is 3. The van der Waals surface area contributed by atoms with Gasteiger partial charge in [0.25, 0.3) is 5.91 Å². The van der Waals surface area contributed by atoms with Gasteiger partial charge >= 0.3 is 0 Å². The summed E-state index contributed by atoms with van der Waals surface area (Å²) in [7, 11) is 6.85. The molecule has 0 aromatic heterocycles. The summed E-state index contributed by atoms with van der Waals surface area (Å²) < 4.78 is 16.5. The lowest BCUT2D eigenvalue weighted by Crippen LogP contribution is -2.37. The maximum Gasteiger partial charge on any atom is 0.254 e. The lowest BCUT2D eigenvalue weighted by molar-refractivity contribution is 0.0761. The Labute approximate surface area is 252 Å². The quantitative estimate of drug-likeness (QED) is 0.195. The first-order valence-electron chi connectivity index (χ1n) is 14.6. The second-order valence-electron chi connectivity index (χ2n) is 10.6. The average molecular weight is 574 g/mol. The van der Waals surface area contributed by atoms with Crippen LogP contribution >= 0.6 is 0 Å². The predicted octanol–water partition coefficient (Wildman–Crippen LogP) is 6.10. The van der Waals surface area contributed by atoms with Crippen LogP contribution < -0.4 is 14.2 Å². The minimum absolute atomic E-state index is 0.0688. The number of carbonyl (C=O) groups is 1. The summed E-state index contributed by atoms with van der Waals surface area (Å²) in [6, 6.07) is 24.2. The first-order chi connectivity index (χ1) is 20.4. The monoisotopic (exact) mass is 573 g/mol. The Morgan fingerprint density at radius 1 is 0.810 bits per heavy atom. The van der Waals surface area contributed by atoms with E-state index in [4.69, 9.17) is 14.2 Å². The molecule has 226 valence electrons. The summed E-state index contributed by atoms with van der Waals surface area (Å²) in [4.78, 5) is 20.7. The molecule has 0 spiro atoms. The first kappa shape index (κ1) is 32.7. The molecule has 0 fully saturated rings. The molecular weight excluding hydrogens is 526 g/mol. The fourth-order valence-electron chi connectivity index (χ4n) is 5.02. The Morgan fingerprint density at radius 3 is 2.00 bits per heavy atom. The van der Waals surface area contributed by atoms with Crippen LogP contribution in [0, 0.1) is 0 Å². The van der Waals surface area contributed by atoms with Gasteiger partial charge in [-0.1, -0.05) is 79.2 Å². The van der Waals surface area contributed by atoms with Gasteiger partial charge in [0.2, 0.25) is 5.75 Å². The summed E-state index contributed by atoms with van der Waals surface area (Å²) in [6.07, 6.45) is 3.00. The molecule has 7 nitrogen and oxygen atoms in total. The highest BCUT2D eigenvalue weighted by Crippen LogP contribution is 2.38. The lowest BCUT2D eigenvalue weighted by Gasteiger charge is -2.27. The van der Waals surface area contributed by atoms with Crippen LogP contribution in [0.25, 0.3) is 6.08 Å². The van der Waals surface area contributed by atoms with Crippen molar-refractivity contribution in [2.75, 3.05) is 67.6 Å². The van der Waals surface area contributed by atoms with Crippen molar-refractivity contribution in [3.63, 3.8) is 0 Å². The maximum absolute atomic E-state index is 13.9. The molecule has 3 aromatic carbocycles. The topological polar surface area (TPSA) is 54.5 Å². The molecule has 0 aliphatic heterocycles. The summed E-state index contributed by atoms with van der Waals surface area (Å²) >= 11 is 0. The lowest BCUT2D eigenvalue weighted by atomic mass is 10.1. The van der Waals surface area contributed by atoms with Gasteiger partial charge in [0.15, 0.2) is 11.5 Å². The standard InChI is InChI=1S/C35H47N3O4/c1-7-37(22-21-36(3)27-30-17-12-9-13-18-30)19-14-20-38(26-28(2)23-29-15-10-8-11-16-29)35(39)31-24-32(40-4)34(42-6)33(25-31)41-5/h8-13,15-18,23-25H,7,14,19-22,26-27H2,1-6H3/b28-23+. The summed E-state index contributed by atoms with van der Waals surface area (Å²) in [5.74, 6) is 1.33.